The molecule has 0 aliphatic heterocycles. The summed E-state index contributed by atoms with van der Waals surface area (Å²) in [5.41, 5.74) is 0.781. The predicted molar refractivity (Wildman–Crippen MR) is 94.3 cm³/mol. The second-order valence-electron chi connectivity index (χ2n) is 5.94. The molecule has 0 atom stereocenters. The Bertz CT molecular complexity index is 849. The average Bonchev–Trinajstić information content (AvgIpc) is 3.11. The number of rotatable bonds is 3. The van der Waals surface area contributed by atoms with Crippen molar-refractivity contribution in [1.29, 1.82) is 0 Å². The van der Waals surface area contributed by atoms with Gasteiger partial charge in [-0.05, 0) is 47.7 Å². The van der Waals surface area contributed by atoms with E-state index in [2.05, 4.69) is 41.1 Å². The maximum Gasteiger partial charge on any atom is 0.224 e. The minimum atomic E-state index is 0.123. The van der Waals surface area contributed by atoms with Crippen molar-refractivity contribution in [2.45, 2.75) is 37.7 Å². The van der Waals surface area contributed by atoms with Crippen molar-refractivity contribution in [3.8, 4) is 5.88 Å². The van der Waals surface area contributed by atoms with Gasteiger partial charge in [-0.1, -0.05) is 11.6 Å². The number of nitrogens with one attached hydrogen (secondary N) is 1. The van der Waals surface area contributed by atoms with Crippen LogP contribution in [0.4, 0.5) is 0 Å². The molecule has 0 aromatic carbocycles. The Kier molecular flexibility index (Phi) is 4.37. The van der Waals surface area contributed by atoms with Crippen LogP contribution in [0.3, 0.4) is 0 Å². The Morgan fingerprint density at radius 3 is 2.79 bits per heavy atom. The second kappa shape index (κ2) is 6.64. The molecule has 3 aromatic heterocycles. The zero-order valence-corrected chi connectivity index (χ0v) is 15.1. The molecule has 0 saturated heterocycles. The van der Waals surface area contributed by atoms with Crippen molar-refractivity contribution < 1.29 is 4.74 Å². The lowest BCUT2D eigenvalue weighted by molar-refractivity contribution is 0.141. The maximum atomic E-state index is 6.17. The molecule has 1 saturated carbocycles. The highest BCUT2D eigenvalue weighted by Crippen LogP contribution is 2.34. The van der Waals surface area contributed by atoms with Crippen LogP contribution in [0.1, 0.15) is 37.4 Å². The summed E-state index contributed by atoms with van der Waals surface area (Å²) in [6.45, 7) is 0. The molecule has 0 amide bonds. The fourth-order valence-electron chi connectivity index (χ4n) is 3.15. The van der Waals surface area contributed by atoms with Crippen LogP contribution in [0.15, 0.2) is 29.1 Å². The topological polar surface area (TPSA) is 76.6 Å². The molecular weight excluding hydrogens is 394 g/mol. The van der Waals surface area contributed by atoms with Crippen molar-refractivity contribution in [3.63, 3.8) is 0 Å². The van der Waals surface area contributed by atoms with Gasteiger partial charge in [0.25, 0.3) is 0 Å². The fourth-order valence-corrected chi connectivity index (χ4v) is 3.67. The van der Waals surface area contributed by atoms with Crippen LogP contribution in [0.25, 0.3) is 10.9 Å². The molecule has 1 aliphatic rings. The molecule has 1 N–H and O–H groups in total. The van der Waals surface area contributed by atoms with Gasteiger partial charge < -0.3 is 9.72 Å². The summed E-state index contributed by atoms with van der Waals surface area (Å²) in [6, 6.07) is 3.71. The normalized spacial score (nSPS) is 21.1. The van der Waals surface area contributed by atoms with Gasteiger partial charge in [0.2, 0.25) is 5.88 Å². The first-order valence-corrected chi connectivity index (χ1v) is 9.00. The third kappa shape index (κ3) is 3.23. The molecule has 0 spiro atoms. The summed E-state index contributed by atoms with van der Waals surface area (Å²) in [6.07, 6.45) is 7.42. The lowest BCUT2D eigenvalue weighted by Crippen LogP contribution is -2.24. The van der Waals surface area contributed by atoms with E-state index in [0.29, 0.717) is 17.0 Å². The molecule has 4 rings (SSSR count). The first-order valence-electron chi connectivity index (χ1n) is 7.83. The SMILES string of the molecule is Clc1cc2ncc(Br)cc2c(OC2CCC(c3nnc[nH]3)CC2)n1. The molecular formula is C16H15BrClN5O. The van der Waals surface area contributed by atoms with Crippen molar-refractivity contribution in [3.05, 3.63) is 40.1 Å². The number of hydrogen-bond donors (Lipinski definition) is 1. The molecule has 3 aromatic rings. The molecule has 124 valence electrons. The Labute approximate surface area is 152 Å². The molecule has 0 bridgehead atoms. The highest BCUT2D eigenvalue weighted by atomic mass is 79.9. The number of halogens is 2. The van der Waals surface area contributed by atoms with Gasteiger partial charge in [-0.25, -0.2) is 4.98 Å². The van der Waals surface area contributed by atoms with Gasteiger partial charge in [0.05, 0.1) is 10.9 Å². The van der Waals surface area contributed by atoms with E-state index in [1.165, 1.54) is 0 Å². The van der Waals surface area contributed by atoms with Gasteiger partial charge in [0.1, 0.15) is 23.4 Å². The third-order valence-corrected chi connectivity index (χ3v) is 4.98. The number of H-pyrrole nitrogens is 1. The van der Waals surface area contributed by atoms with Gasteiger partial charge >= 0.3 is 0 Å². The Morgan fingerprint density at radius 1 is 1.21 bits per heavy atom. The van der Waals surface area contributed by atoms with E-state index < -0.39 is 0 Å². The summed E-state index contributed by atoms with van der Waals surface area (Å²) in [4.78, 5) is 11.8. The summed E-state index contributed by atoms with van der Waals surface area (Å²) in [5.74, 6) is 1.94. The van der Waals surface area contributed by atoms with Crippen LogP contribution >= 0.6 is 27.5 Å². The fraction of sp³-hybridized carbons (Fsp3) is 0.375. The largest absolute Gasteiger partial charge is 0.474 e. The van der Waals surface area contributed by atoms with E-state index in [1.54, 1.807) is 18.6 Å². The first kappa shape index (κ1) is 15.8. The molecule has 6 nitrogen and oxygen atoms in total. The van der Waals surface area contributed by atoms with Gasteiger partial charge in [-0.2, -0.15) is 0 Å². The molecule has 0 unspecified atom stereocenters. The zero-order chi connectivity index (χ0) is 16.5. The minimum Gasteiger partial charge on any atom is -0.474 e. The predicted octanol–water partition coefficient (Wildman–Crippen LogP) is 4.27. The van der Waals surface area contributed by atoms with E-state index >= 15 is 0 Å². The average molecular weight is 409 g/mol. The van der Waals surface area contributed by atoms with E-state index in [0.717, 1.165) is 46.9 Å². The monoisotopic (exact) mass is 407 g/mol. The quantitative estimate of drug-likeness (QED) is 0.655. The third-order valence-electron chi connectivity index (χ3n) is 4.35. The molecule has 0 radical (unpaired) electrons. The smallest absolute Gasteiger partial charge is 0.224 e. The van der Waals surface area contributed by atoms with Crippen LogP contribution < -0.4 is 4.74 Å². The summed E-state index contributed by atoms with van der Waals surface area (Å²) < 4.78 is 7.05. The molecule has 3 heterocycles. The Morgan fingerprint density at radius 2 is 2.04 bits per heavy atom. The Hall–Kier alpha value is -1.73. The van der Waals surface area contributed by atoms with Crippen LogP contribution in [-0.2, 0) is 0 Å². The lowest BCUT2D eigenvalue weighted by atomic mass is 9.87. The van der Waals surface area contributed by atoms with Crippen molar-refractivity contribution in [1.82, 2.24) is 25.1 Å². The van der Waals surface area contributed by atoms with Gasteiger partial charge in [0.15, 0.2) is 0 Å². The van der Waals surface area contributed by atoms with Crippen molar-refractivity contribution >= 4 is 38.4 Å². The molecule has 8 heteroatoms. The number of hydrogen-bond acceptors (Lipinski definition) is 5. The van der Waals surface area contributed by atoms with Crippen molar-refractivity contribution in [2.75, 3.05) is 0 Å². The highest BCUT2D eigenvalue weighted by molar-refractivity contribution is 9.10. The first-order chi connectivity index (χ1) is 11.7. The lowest BCUT2D eigenvalue weighted by Gasteiger charge is -2.27. The van der Waals surface area contributed by atoms with Gasteiger partial charge in [0, 0.05) is 22.7 Å². The van der Waals surface area contributed by atoms with Crippen molar-refractivity contribution in [2.24, 2.45) is 0 Å². The molecule has 24 heavy (non-hydrogen) atoms. The molecule has 1 fully saturated rings. The summed E-state index contributed by atoms with van der Waals surface area (Å²) in [7, 11) is 0. The van der Waals surface area contributed by atoms with Crippen LogP contribution in [0.5, 0.6) is 5.88 Å². The second-order valence-corrected chi connectivity index (χ2v) is 7.24. The van der Waals surface area contributed by atoms with E-state index in [1.807, 2.05) is 6.07 Å². The number of fused-ring (bicyclic) bond motifs is 1. The Balaban J connectivity index is 1.52. The zero-order valence-electron chi connectivity index (χ0n) is 12.7. The number of aromatic nitrogens is 5. The van der Waals surface area contributed by atoms with Crippen LogP contribution in [0.2, 0.25) is 5.15 Å². The number of nitrogens with zero attached hydrogens (tertiary/aromatic N) is 4. The number of ether oxygens (including phenoxy) is 1. The number of aromatic amines is 1. The van der Waals surface area contributed by atoms with E-state index in [-0.39, 0.29) is 6.10 Å². The molecule has 1 aliphatic carbocycles. The van der Waals surface area contributed by atoms with Gasteiger partial charge in [-0.3, -0.25) is 4.98 Å². The number of pyridine rings is 2. The van der Waals surface area contributed by atoms with Crippen LogP contribution in [-0.4, -0.2) is 31.3 Å². The van der Waals surface area contributed by atoms with E-state index in [4.69, 9.17) is 16.3 Å². The highest BCUT2D eigenvalue weighted by Gasteiger charge is 2.26. The summed E-state index contributed by atoms with van der Waals surface area (Å²) >= 11 is 9.55. The van der Waals surface area contributed by atoms with E-state index in [9.17, 15) is 0 Å². The van der Waals surface area contributed by atoms with Crippen LogP contribution in [0, 0.1) is 0 Å². The standard InChI is InChI=1S/C16H15BrClN5O/c17-10-5-12-13(19-7-10)6-14(18)22-16(12)24-11-3-1-9(2-4-11)15-20-8-21-23-15/h5-9,11H,1-4H2,(H,20,21,23). The summed E-state index contributed by atoms with van der Waals surface area (Å²) in [5, 5.41) is 9.24. The van der Waals surface area contributed by atoms with Gasteiger partial charge in [-0.15, -0.1) is 10.2 Å². The maximum absolute atomic E-state index is 6.17. The minimum absolute atomic E-state index is 0.123.